The van der Waals surface area contributed by atoms with Crippen molar-refractivity contribution in [2.75, 3.05) is 18.0 Å². The molecule has 4 nitrogen and oxygen atoms in total. The Morgan fingerprint density at radius 1 is 1.24 bits per heavy atom. The lowest BCUT2D eigenvalue weighted by Gasteiger charge is -2.17. The number of hydrogen-bond acceptors (Lipinski definition) is 4. The van der Waals surface area contributed by atoms with Crippen molar-refractivity contribution >= 4 is 6.01 Å². The van der Waals surface area contributed by atoms with Crippen LogP contribution < -0.4 is 4.90 Å². The SMILES string of the molecule is CC(C)c1noc(N2CC3CC=CCC3C2)n1. The summed E-state index contributed by atoms with van der Waals surface area (Å²) in [6, 6.07) is 0.711. The quantitative estimate of drug-likeness (QED) is 0.736. The van der Waals surface area contributed by atoms with Gasteiger partial charge in [-0.15, -0.1) is 0 Å². The molecular weight excluding hydrogens is 214 g/mol. The van der Waals surface area contributed by atoms with E-state index in [-0.39, 0.29) is 0 Å². The second-order valence-corrected chi connectivity index (χ2v) is 5.46. The van der Waals surface area contributed by atoms with Gasteiger partial charge in [-0.1, -0.05) is 31.2 Å². The van der Waals surface area contributed by atoms with E-state index in [1.165, 1.54) is 12.8 Å². The maximum Gasteiger partial charge on any atom is 0.324 e. The number of hydrogen-bond donors (Lipinski definition) is 0. The topological polar surface area (TPSA) is 42.2 Å². The molecular formula is C13H19N3O. The number of nitrogens with zero attached hydrogens (tertiary/aromatic N) is 3. The zero-order chi connectivity index (χ0) is 11.8. The Labute approximate surface area is 102 Å². The van der Waals surface area contributed by atoms with Crippen LogP contribution in [0.2, 0.25) is 0 Å². The molecule has 1 aliphatic heterocycles. The lowest BCUT2D eigenvalue weighted by molar-refractivity contribution is 0.407. The fraction of sp³-hybridized carbons (Fsp3) is 0.692. The van der Waals surface area contributed by atoms with Crippen LogP contribution >= 0.6 is 0 Å². The van der Waals surface area contributed by atoms with Crippen LogP contribution in [0.15, 0.2) is 16.7 Å². The predicted octanol–water partition coefficient (Wildman–Crippen LogP) is 2.60. The zero-order valence-electron chi connectivity index (χ0n) is 10.5. The van der Waals surface area contributed by atoms with Crippen LogP contribution in [0.1, 0.15) is 38.4 Å². The van der Waals surface area contributed by atoms with Crippen LogP contribution in [-0.2, 0) is 0 Å². The van der Waals surface area contributed by atoms with Crippen molar-refractivity contribution in [2.24, 2.45) is 11.8 Å². The molecule has 1 aromatic rings. The van der Waals surface area contributed by atoms with Crippen LogP contribution in [0.25, 0.3) is 0 Å². The summed E-state index contributed by atoms with van der Waals surface area (Å²) in [5.41, 5.74) is 0. The zero-order valence-corrected chi connectivity index (χ0v) is 10.5. The molecule has 0 aromatic carbocycles. The van der Waals surface area contributed by atoms with Gasteiger partial charge in [-0.2, -0.15) is 4.98 Å². The summed E-state index contributed by atoms with van der Waals surface area (Å²) in [5, 5.41) is 4.03. The number of anilines is 1. The molecule has 0 N–H and O–H groups in total. The van der Waals surface area contributed by atoms with E-state index < -0.39 is 0 Å². The lowest BCUT2D eigenvalue weighted by Crippen LogP contribution is -2.20. The van der Waals surface area contributed by atoms with Crippen molar-refractivity contribution in [2.45, 2.75) is 32.6 Å². The maximum absolute atomic E-state index is 5.36. The van der Waals surface area contributed by atoms with Crippen LogP contribution in [0.5, 0.6) is 0 Å². The molecule has 0 spiro atoms. The summed E-state index contributed by atoms with van der Waals surface area (Å²) in [6.45, 7) is 6.30. The van der Waals surface area contributed by atoms with Crippen LogP contribution in [0.3, 0.4) is 0 Å². The minimum Gasteiger partial charge on any atom is -0.324 e. The van der Waals surface area contributed by atoms with Gasteiger partial charge in [0.05, 0.1) is 0 Å². The Morgan fingerprint density at radius 3 is 2.41 bits per heavy atom. The Balaban J connectivity index is 1.73. The highest BCUT2D eigenvalue weighted by molar-refractivity contribution is 5.29. The first-order chi connectivity index (χ1) is 8.24. The summed E-state index contributed by atoms with van der Waals surface area (Å²) < 4.78 is 5.36. The van der Waals surface area contributed by atoms with E-state index in [1.807, 2.05) is 0 Å². The number of aromatic nitrogens is 2. The van der Waals surface area contributed by atoms with E-state index in [9.17, 15) is 0 Å². The molecule has 0 amide bonds. The highest BCUT2D eigenvalue weighted by Crippen LogP contribution is 2.34. The minimum absolute atomic E-state index is 0.332. The molecule has 2 atom stereocenters. The number of allylic oxidation sites excluding steroid dienone is 2. The van der Waals surface area contributed by atoms with Gasteiger partial charge in [0, 0.05) is 19.0 Å². The molecule has 17 heavy (non-hydrogen) atoms. The molecule has 4 heteroatoms. The van der Waals surface area contributed by atoms with Crippen molar-refractivity contribution in [1.29, 1.82) is 0 Å². The molecule has 1 aromatic heterocycles. The molecule has 3 rings (SSSR count). The highest BCUT2D eigenvalue weighted by Gasteiger charge is 2.35. The monoisotopic (exact) mass is 233 g/mol. The summed E-state index contributed by atoms with van der Waals surface area (Å²) in [6.07, 6.45) is 7.01. The van der Waals surface area contributed by atoms with Gasteiger partial charge in [-0.25, -0.2) is 0 Å². The third-order valence-corrected chi connectivity index (χ3v) is 3.84. The van der Waals surface area contributed by atoms with Gasteiger partial charge >= 0.3 is 6.01 Å². The highest BCUT2D eigenvalue weighted by atomic mass is 16.5. The first kappa shape index (κ1) is 10.8. The Morgan fingerprint density at radius 2 is 1.88 bits per heavy atom. The average molecular weight is 233 g/mol. The Bertz CT molecular complexity index is 408. The summed E-state index contributed by atoms with van der Waals surface area (Å²) in [7, 11) is 0. The molecule has 0 saturated carbocycles. The maximum atomic E-state index is 5.36. The fourth-order valence-electron chi connectivity index (χ4n) is 2.76. The van der Waals surface area contributed by atoms with Crippen molar-refractivity contribution in [3.63, 3.8) is 0 Å². The second kappa shape index (κ2) is 4.17. The Kier molecular flexibility index (Phi) is 2.65. The largest absolute Gasteiger partial charge is 0.324 e. The predicted molar refractivity (Wildman–Crippen MR) is 66.0 cm³/mol. The van der Waals surface area contributed by atoms with E-state index >= 15 is 0 Å². The molecule has 2 aliphatic rings. The van der Waals surface area contributed by atoms with E-state index in [0.717, 1.165) is 30.7 Å². The van der Waals surface area contributed by atoms with Gasteiger partial charge in [-0.05, 0) is 24.7 Å². The normalized spacial score (nSPS) is 27.8. The first-order valence-electron chi connectivity index (χ1n) is 6.47. The van der Waals surface area contributed by atoms with E-state index in [4.69, 9.17) is 4.52 Å². The molecule has 2 unspecified atom stereocenters. The van der Waals surface area contributed by atoms with Crippen molar-refractivity contribution in [1.82, 2.24) is 10.1 Å². The molecule has 2 heterocycles. The number of rotatable bonds is 2. The molecule has 0 bridgehead atoms. The number of fused-ring (bicyclic) bond motifs is 1. The smallest absolute Gasteiger partial charge is 0.324 e. The summed E-state index contributed by atoms with van der Waals surface area (Å²) in [4.78, 5) is 6.73. The van der Waals surface area contributed by atoms with Crippen LogP contribution in [0, 0.1) is 11.8 Å². The second-order valence-electron chi connectivity index (χ2n) is 5.46. The standard InChI is InChI=1S/C13H19N3O/c1-9(2)12-14-13(17-15-12)16-7-10-5-3-4-6-11(10)8-16/h3-4,9-11H,5-8H2,1-2H3. The van der Waals surface area contributed by atoms with Gasteiger partial charge < -0.3 is 9.42 Å². The van der Waals surface area contributed by atoms with Gasteiger partial charge in [0.1, 0.15) is 0 Å². The van der Waals surface area contributed by atoms with Crippen molar-refractivity contribution in [3.8, 4) is 0 Å². The van der Waals surface area contributed by atoms with Crippen molar-refractivity contribution in [3.05, 3.63) is 18.0 Å². The molecule has 1 aliphatic carbocycles. The van der Waals surface area contributed by atoms with Crippen molar-refractivity contribution < 1.29 is 4.52 Å². The van der Waals surface area contributed by atoms with Crippen LogP contribution in [-0.4, -0.2) is 23.2 Å². The third-order valence-electron chi connectivity index (χ3n) is 3.84. The van der Waals surface area contributed by atoms with Gasteiger partial charge in [-0.3, -0.25) is 0 Å². The van der Waals surface area contributed by atoms with Gasteiger partial charge in [0.2, 0.25) is 0 Å². The first-order valence-corrected chi connectivity index (χ1v) is 6.47. The summed E-state index contributed by atoms with van der Waals surface area (Å²) in [5.74, 6) is 2.69. The molecule has 92 valence electrons. The van der Waals surface area contributed by atoms with E-state index in [0.29, 0.717) is 11.9 Å². The van der Waals surface area contributed by atoms with Crippen LogP contribution in [0.4, 0.5) is 6.01 Å². The van der Waals surface area contributed by atoms with Gasteiger partial charge in [0.25, 0.3) is 0 Å². The molecule has 1 fully saturated rings. The Hall–Kier alpha value is -1.32. The third kappa shape index (κ3) is 1.96. The molecule has 0 radical (unpaired) electrons. The van der Waals surface area contributed by atoms with E-state index in [2.05, 4.69) is 41.0 Å². The van der Waals surface area contributed by atoms with Gasteiger partial charge in [0.15, 0.2) is 5.82 Å². The lowest BCUT2D eigenvalue weighted by atomic mass is 9.86. The summed E-state index contributed by atoms with van der Waals surface area (Å²) >= 11 is 0. The fourth-order valence-corrected chi connectivity index (χ4v) is 2.76. The minimum atomic E-state index is 0.332. The average Bonchev–Trinajstić information content (AvgIpc) is 2.95. The van der Waals surface area contributed by atoms with E-state index in [1.54, 1.807) is 0 Å². The molecule has 1 saturated heterocycles.